The molecule has 0 aromatic heterocycles. The molecule has 0 spiro atoms. The zero-order valence-corrected chi connectivity index (χ0v) is 8.96. The number of hydrogen-bond donors (Lipinski definition) is 1. The van der Waals surface area contributed by atoms with Crippen LogP contribution in [0.1, 0.15) is 23.1 Å². The van der Waals surface area contributed by atoms with Gasteiger partial charge in [0.1, 0.15) is 0 Å². The first-order chi connectivity index (χ1) is 7.31. The predicted octanol–water partition coefficient (Wildman–Crippen LogP) is 2.12. The Labute approximate surface area is 90.7 Å². The van der Waals surface area contributed by atoms with Crippen molar-refractivity contribution < 1.29 is 4.74 Å². The molecule has 1 aromatic carbocycles. The third-order valence-electron chi connectivity index (χ3n) is 2.83. The molecule has 2 N–H and O–H groups in total. The SMILES string of the molecule is C=C(CCN)c1ccc2c(c1)CCOC2. The van der Waals surface area contributed by atoms with Gasteiger partial charge in [-0.15, -0.1) is 0 Å². The zero-order chi connectivity index (χ0) is 10.7. The van der Waals surface area contributed by atoms with Crippen molar-refractivity contribution in [2.75, 3.05) is 13.2 Å². The number of benzene rings is 1. The second-order valence-electron chi connectivity index (χ2n) is 3.93. The highest BCUT2D eigenvalue weighted by Gasteiger charge is 2.10. The lowest BCUT2D eigenvalue weighted by molar-refractivity contribution is 0.111. The van der Waals surface area contributed by atoms with Crippen LogP contribution >= 0.6 is 0 Å². The first kappa shape index (κ1) is 10.4. The van der Waals surface area contributed by atoms with E-state index in [1.54, 1.807) is 0 Å². The van der Waals surface area contributed by atoms with Gasteiger partial charge in [0, 0.05) is 0 Å². The molecule has 1 aliphatic heterocycles. The van der Waals surface area contributed by atoms with Gasteiger partial charge in [-0.25, -0.2) is 0 Å². The first-order valence-electron chi connectivity index (χ1n) is 5.39. The van der Waals surface area contributed by atoms with Gasteiger partial charge in [-0.3, -0.25) is 0 Å². The molecule has 0 saturated carbocycles. The Kier molecular flexibility index (Phi) is 3.19. The summed E-state index contributed by atoms with van der Waals surface area (Å²) in [6.45, 7) is 6.30. The number of rotatable bonds is 3. The Balaban J connectivity index is 2.24. The maximum absolute atomic E-state index is 5.52. The van der Waals surface area contributed by atoms with E-state index in [1.165, 1.54) is 16.7 Å². The van der Waals surface area contributed by atoms with E-state index in [1.807, 2.05) is 0 Å². The normalized spacial score (nSPS) is 14.7. The summed E-state index contributed by atoms with van der Waals surface area (Å²) in [6.07, 6.45) is 1.88. The third kappa shape index (κ3) is 2.28. The van der Waals surface area contributed by atoms with Crippen molar-refractivity contribution in [3.8, 4) is 0 Å². The van der Waals surface area contributed by atoms with Gasteiger partial charge in [0.05, 0.1) is 13.2 Å². The molecule has 0 fully saturated rings. The van der Waals surface area contributed by atoms with Crippen LogP contribution in [0.3, 0.4) is 0 Å². The summed E-state index contributed by atoms with van der Waals surface area (Å²) < 4.78 is 5.40. The molecule has 15 heavy (non-hydrogen) atoms. The van der Waals surface area contributed by atoms with Crippen molar-refractivity contribution in [3.63, 3.8) is 0 Å². The average Bonchev–Trinajstić information content (AvgIpc) is 2.29. The average molecular weight is 203 g/mol. The summed E-state index contributed by atoms with van der Waals surface area (Å²) in [6, 6.07) is 6.49. The van der Waals surface area contributed by atoms with Gasteiger partial charge >= 0.3 is 0 Å². The molecular weight excluding hydrogens is 186 g/mol. The molecule has 0 unspecified atom stereocenters. The Morgan fingerprint density at radius 2 is 2.27 bits per heavy atom. The Hall–Kier alpha value is -1.12. The highest BCUT2D eigenvalue weighted by molar-refractivity contribution is 5.64. The van der Waals surface area contributed by atoms with Crippen molar-refractivity contribution >= 4 is 5.57 Å². The van der Waals surface area contributed by atoms with Gasteiger partial charge < -0.3 is 10.5 Å². The fourth-order valence-electron chi connectivity index (χ4n) is 1.90. The molecule has 0 bridgehead atoms. The van der Waals surface area contributed by atoms with Crippen molar-refractivity contribution in [2.45, 2.75) is 19.4 Å². The Morgan fingerprint density at radius 3 is 3.07 bits per heavy atom. The van der Waals surface area contributed by atoms with Crippen LogP contribution in [0, 0.1) is 0 Å². The molecule has 0 atom stereocenters. The fourth-order valence-corrected chi connectivity index (χ4v) is 1.90. The highest BCUT2D eigenvalue weighted by Crippen LogP contribution is 2.23. The number of nitrogens with two attached hydrogens (primary N) is 1. The number of fused-ring (bicyclic) bond motifs is 1. The van der Waals surface area contributed by atoms with Crippen LogP contribution in [0.15, 0.2) is 24.8 Å². The monoisotopic (exact) mass is 203 g/mol. The molecule has 1 aromatic rings. The highest BCUT2D eigenvalue weighted by atomic mass is 16.5. The largest absolute Gasteiger partial charge is 0.376 e. The second-order valence-corrected chi connectivity index (χ2v) is 3.93. The smallest absolute Gasteiger partial charge is 0.0719 e. The number of ether oxygens (including phenoxy) is 1. The van der Waals surface area contributed by atoms with Crippen molar-refractivity contribution in [1.82, 2.24) is 0 Å². The lowest BCUT2D eigenvalue weighted by Gasteiger charge is -2.17. The molecule has 2 rings (SSSR count). The topological polar surface area (TPSA) is 35.2 Å². The van der Waals surface area contributed by atoms with Crippen LogP contribution in [0.2, 0.25) is 0 Å². The Morgan fingerprint density at radius 1 is 1.40 bits per heavy atom. The molecule has 0 saturated heterocycles. The van der Waals surface area contributed by atoms with E-state index in [0.717, 1.165) is 31.6 Å². The number of hydrogen-bond acceptors (Lipinski definition) is 2. The quantitative estimate of drug-likeness (QED) is 0.816. The van der Waals surface area contributed by atoms with Gasteiger partial charge in [0.15, 0.2) is 0 Å². The van der Waals surface area contributed by atoms with Gasteiger partial charge in [-0.2, -0.15) is 0 Å². The van der Waals surface area contributed by atoms with E-state index in [0.29, 0.717) is 6.54 Å². The van der Waals surface area contributed by atoms with Gasteiger partial charge in [0.2, 0.25) is 0 Å². The first-order valence-corrected chi connectivity index (χ1v) is 5.39. The van der Waals surface area contributed by atoms with Crippen LogP contribution in [0.25, 0.3) is 5.57 Å². The summed E-state index contributed by atoms with van der Waals surface area (Å²) in [4.78, 5) is 0. The van der Waals surface area contributed by atoms with E-state index in [9.17, 15) is 0 Å². The molecule has 80 valence electrons. The molecule has 0 amide bonds. The maximum Gasteiger partial charge on any atom is 0.0719 e. The maximum atomic E-state index is 5.52. The van der Waals surface area contributed by atoms with E-state index >= 15 is 0 Å². The van der Waals surface area contributed by atoms with Crippen LogP contribution in [0.5, 0.6) is 0 Å². The van der Waals surface area contributed by atoms with E-state index < -0.39 is 0 Å². The van der Waals surface area contributed by atoms with Crippen molar-refractivity contribution in [1.29, 1.82) is 0 Å². The minimum absolute atomic E-state index is 0.666. The molecule has 2 nitrogen and oxygen atoms in total. The zero-order valence-electron chi connectivity index (χ0n) is 8.96. The lowest BCUT2D eigenvalue weighted by Crippen LogP contribution is -2.10. The molecular formula is C13H17NO. The minimum Gasteiger partial charge on any atom is -0.376 e. The van der Waals surface area contributed by atoms with Gasteiger partial charge in [-0.1, -0.05) is 24.8 Å². The standard InChI is InChI=1S/C13H17NO/c1-10(4-6-14)11-2-3-13-9-15-7-5-12(13)8-11/h2-3,8H,1,4-7,9,14H2. The van der Waals surface area contributed by atoms with Crippen LogP contribution in [-0.2, 0) is 17.8 Å². The van der Waals surface area contributed by atoms with Crippen LogP contribution in [0.4, 0.5) is 0 Å². The summed E-state index contributed by atoms with van der Waals surface area (Å²) in [7, 11) is 0. The Bertz CT molecular complexity index is 371. The van der Waals surface area contributed by atoms with Crippen LogP contribution < -0.4 is 5.73 Å². The van der Waals surface area contributed by atoms with E-state index in [-0.39, 0.29) is 0 Å². The third-order valence-corrected chi connectivity index (χ3v) is 2.83. The van der Waals surface area contributed by atoms with Crippen molar-refractivity contribution in [2.24, 2.45) is 5.73 Å². The molecule has 0 radical (unpaired) electrons. The van der Waals surface area contributed by atoms with Crippen LogP contribution in [-0.4, -0.2) is 13.2 Å². The van der Waals surface area contributed by atoms with E-state index in [4.69, 9.17) is 10.5 Å². The lowest BCUT2D eigenvalue weighted by atomic mass is 9.96. The minimum atomic E-state index is 0.666. The molecule has 1 aliphatic rings. The predicted molar refractivity (Wildman–Crippen MR) is 62.5 cm³/mol. The molecule has 2 heteroatoms. The summed E-state index contributed by atoms with van der Waals surface area (Å²) in [5, 5.41) is 0. The van der Waals surface area contributed by atoms with Crippen molar-refractivity contribution in [3.05, 3.63) is 41.5 Å². The van der Waals surface area contributed by atoms with Gasteiger partial charge in [-0.05, 0) is 41.6 Å². The van der Waals surface area contributed by atoms with Gasteiger partial charge in [0.25, 0.3) is 0 Å². The summed E-state index contributed by atoms with van der Waals surface area (Å²) in [5.41, 5.74) is 10.6. The molecule has 1 heterocycles. The molecule has 0 aliphatic carbocycles. The fraction of sp³-hybridized carbons (Fsp3) is 0.385. The summed E-state index contributed by atoms with van der Waals surface area (Å²) >= 11 is 0. The summed E-state index contributed by atoms with van der Waals surface area (Å²) in [5.74, 6) is 0. The second kappa shape index (κ2) is 4.60. The van der Waals surface area contributed by atoms with E-state index in [2.05, 4.69) is 24.8 Å².